The van der Waals surface area contributed by atoms with Crippen molar-refractivity contribution in [3.05, 3.63) is 18.4 Å². The van der Waals surface area contributed by atoms with Gasteiger partial charge >= 0.3 is 0 Å². The van der Waals surface area contributed by atoms with Crippen molar-refractivity contribution in [2.75, 3.05) is 0 Å². The van der Waals surface area contributed by atoms with Crippen molar-refractivity contribution < 1.29 is 5.21 Å². The van der Waals surface area contributed by atoms with Gasteiger partial charge in [0.05, 0.1) is 6.21 Å². The van der Waals surface area contributed by atoms with Crippen LogP contribution in [-0.2, 0) is 0 Å². The summed E-state index contributed by atoms with van der Waals surface area (Å²) in [6, 6.07) is 0. The zero-order chi connectivity index (χ0) is 7.33. The Kier molecular flexibility index (Phi) is 2.75. The highest BCUT2D eigenvalue weighted by Crippen LogP contribution is 2.11. The van der Waals surface area contributed by atoms with Crippen LogP contribution >= 0.6 is 0 Å². The van der Waals surface area contributed by atoms with Crippen molar-refractivity contribution in [2.24, 2.45) is 10.6 Å². The quantitative estimate of drug-likeness (QED) is 0.259. The average molecular weight is 125 g/mol. The summed E-state index contributed by atoms with van der Waals surface area (Å²) < 4.78 is 0. The zero-order valence-corrected chi connectivity index (χ0v) is 5.76. The van der Waals surface area contributed by atoms with Crippen molar-refractivity contribution in [2.45, 2.75) is 13.8 Å². The minimum atomic E-state index is -0.240. The summed E-state index contributed by atoms with van der Waals surface area (Å²) in [4.78, 5) is 0. The van der Waals surface area contributed by atoms with Gasteiger partial charge in [-0.05, 0) is 6.08 Å². The predicted molar refractivity (Wildman–Crippen MR) is 37.8 cm³/mol. The maximum atomic E-state index is 8.13. The fourth-order valence-corrected chi connectivity index (χ4v) is 0.449. The highest BCUT2D eigenvalue weighted by Gasteiger charge is 2.08. The molecule has 0 aromatic heterocycles. The minimum absolute atomic E-state index is 0.240. The smallest absolute Gasteiger partial charge is 0.0536 e. The molecule has 0 aromatic carbocycles. The standard InChI is InChI=1S/C7H11NO/c1-4-5-7(2,3)6-8-9/h5-6,9H,1H2,2-3H3/b8-6-. The summed E-state index contributed by atoms with van der Waals surface area (Å²) in [5, 5.41) is 11.0. The second kappa shape index (κ2) is 3.10. The van der Waals surface area contributed by atoms with Crippen LogP contribution in [0.3, 0.4) is 0 Å². The van der Waals surface area contributed by atoms with Crippen LogP contribution in [-0.4, -0.2) is 11.4 Å². The van der Waals surface area contributed by atoms with E-state index in [1.54, 1.807) is 6.08 Å². The lowest BCUT2D eigenvalue weighted by molar-refractivity contribution is 0.317. The normalized spacial score (nSPS) is 11.3. The molecule has 0 unspecified atom stereocenters. The van der Waals surface area contributed by atoms with E-state index in [-0.39, 0.29) is 5.41 Å². The van der Waals surface area contributed by atoms with E-state index in [9.17, 15) is 0 Å². The second-order valence-corrected chi connectivity index (χ2v) is 2.41. The van der Waals surface area contributed by atoms with Gasteiger partial charge in [0.15, 0.2) is 0 Å². The molecule has 0 atom stereocenters. The molecule has 0 fully saturated rings. The molecule has 0 saturated heterocycles. The second-order valence-electron chi connectivity index (χ2n) is 2.41. The lowest BCUT2D eigenvalue weighted by Crippen LogP contribution is -2.07. The van der Waals surface area contributed by atoms with Crippen LogP contribution in [0, 0.1) is 5.41 Å². The summed E-state index contributed by atoms with van der Waals surface area (Å²) in [5.74, 6) is 0. The van der Waals surface area contributed by atoms with E-state index in [4.69, 9.17) is 5.21 Å². The summed E-state index contributed by atoms with van der Waals surface area (Å²) in [6.07, 6.45) is 3.15. The van der Waals surface area contributed by atoms with Crippen LogP contribution in [0.2, 0.25) is 0 Å². The van der Waals surface area contributed by atoms with Gasteiger partial charge in [0.25, 0.3) is 0 Å². The highest BCUT2D eigenvalue weighted by atomic mass is 16.4. The number of hydrogen-bond acceptors (Lipinski definition) is 2. The van der Waals surface area contributed by atoms with Gasteiger partial charge in [0, 0.05) is 5.41 Å². The van der Waals surface area contributed by atoms with Crippen molar-refractivity contribution in [1.29, 1.82) is 0 Å². The predicted octanol–water partition coefficient (Wildman–Crippen LogP) is 1.81. The van der Waals surface area contributed by atoms with E-state index in [0.29, 0.717) is 0 Å². The van der Waals surface area contributed by atoms with Crippen molar-refractivity contribution in [3.63, 3.8) is 0 Å². The summed E-state index contributed by atoms with van der Waals surface area (Å²) in [7, 11) is 0. The van der Waals surface area contributed by atoms with Gasteiger partial charge in [-0.3, -0.25) is 0 Å². The maximum absolute atomic E-state index is 8.13. The van der Waals surface area contributed by atoms with Gasteiger partial charge in [-0.2, -0.15) is 0 Å². The number of rotatable bonds is 2. The van der Waals surface area contributed by atoms with E-state index < -0.39 is 0 Å². The first-order valence-corrected chi connectivity index (χ1v) is 2.68. The van der Waals surface area contributed by atoms with Crippen molar-refractivity contribution >= 4 is 6.21 Å². The Labute approximate surface area is 55.2 Å². The minimum Gasteiger partial charge on any atom is -0.411 e. The molecule has 0 heterocycles. The summed E-state index contributed by atoms with van der Waals surface area (Å²) >= 11 is 0. The molecule has 0 saturated carbocycles. The first-order chi connectivity index (χ1) is 4.12. The number of allylic oxidation sites excluding steroid dienone is 1. The highest BCUT2D eigenvalue weighted by molar-refractivity contribution is 5.66. The van der Waals surface area contributed by atoms with Crippen LogP contribution in [0.4, 0.5) is 0 Å². The molecular weight excluding hydrogens is 114 g/mol. The average Bonchev–Trinajstić information content (AvgIpc) is 1.64. The van der Waals surface area contributed by atoms with Gasteiger partial charge in [-0.25, -0.2) is 0 Å². The first-order valence-electron chi connectivity index (χ1n) is 2.68. The van der Waals surface area contributed by atoms with Gasteiger partial charge in [-0.1, -0.05) is 20.4 Å². The molecule has 9 heavy (non-hydrogen) atoms. The lowest BCUT2D eigenvalue weighted by atomic mass is 9.96. The molecule has 2 heteroatoms. The Morgan fingerprint density at radius 1 is 1.67 bits per heavy atom. The molecule has 1 N–H and O–H groups in total. The molecule has 0 bridgehead atoms. The largest absolute Gasteiger partial charge is 0.411 e. The third-order valence-corrected chi connectivity index (χ3v) is 0.865. The van der Waals surface area contributed by atoms with Crippen molar-refractivity contribution in [1.82, 2.24) is 0 Å². The molecule has 2 nitrogen and oxygen atoms in total. The molecule has 0 aliphatic carbocycles. The lowest BCUT2D eigenvalue weighted by Gasteiger charge is -2.08. The molecular formula is C7H11NO. The van der Waals surface area contributed by atoms with Gasteiger partial charge in [-0.15, -0.1) is 10.9 Å². The Morgan fingerprint density at radius 2 is 2.22 bits per heavy atom. The molecule has 0 aliphatic rings. The maximum Gasteiger partial charge on any atom is 0.0536 e. The van der Waals surface area contributed by atoms with Crippen molar-refractivity contribution in [3.8, 4) is 0 Å². The van der Waals surface area contributed by atoms with E-state index in [2.05, 4.69) is 17.5 Å². The van der Waals surface area contributed by atoms with Gasteiger partial charge in [0.1, 0.15) is 0 Å². The first kappa shape index (κ1) is 7.99. The van der Waals surface area contributed by atoms with Crippen LogP contribution in [0.15, 0.2) is 23.5 Å². The summed E-state index contributed by atoms with van der Waals surface area (Å²) in [6.45, 7) is 7.19. The van der Waals surface area contributed by atoms with E-state index in [1.807, 2.05) is 13.8 Å². The molecule has 0 amide bonds. The van der Waals surface area contributed by atoms with Crippen LogP contribution in [0.25, 0.3) is 0 Å². The van der Waals surface area contributed by atoms with E-state index in [0.717, 1.165) is 0 Å². The molecule has 0 rings (SSSR count). The molecule has 0 aliphatic heterocycles. The summed E-state index contributed by atoms with van der Waals surface area (Å²) in [5.41, 5.74) is 2.38. The Balaban J connectivity index is 4.18. The zero-order valence-electron chi connectivity index (χ0n) is 5.76. The molecule has 0 radical (unpaired) electrons. The number of hydrogen-bond donors (Lipinski definition) is 1. The third kappa shape index (κ3) is 3.56. The SMILES string of the molecule is C=C=CC(C)(C)/C=N\O. The Bertz CT molecular complexity index is 152. The van der Waals surface area contributed by atoms with Crippen LogP contribution < -0.4 is 0 Å². The topological polar surface area (TPSA) is 32.6 Å². The molecule has 0 aromatic rings. The fourth-order valence-electron chi connectivity index (χ4n) is 0.449. The van der Waals surface area contributed by atoms with Crippen LogP contribution in [0.1, 0.15) is 13.8 Å². The fraction of sp³-hybridized carbons (Fsp3) is 0.429. The number of oxime groups is 1. The van der Waals surface area contributed by atoms with Gasteiger partial charge < -0.3 is 5.21 Å². The van der Waals surface area contributed by atoms with Crippen LogP contribution in [0.5, 0.6) is 0 Å². The van der Waals surface area contributed by atoms with E-state index >= 15 is 0 Å². The van der Waals surface area contributed by atoms with Gasteiger partial charge in [0.2, 0.25) is 0 Å². The Morgan fingerprint density at radius 3 is 2.56 bits per heavy atom. The molecule has 50 valence electrons. The molecule has 0 spiro atoms. The number of nitrogens with zero attached hydrogens (tertiary/aromatic N) is 1. The van der Waals surface area contributed by atoms with E-state index in [1.165, 1.54) is 6.21 Å². The third-order valence-electron chi connectivity index (χ3n) is 0.865. The monoisotopic (exact) mass is 125 g/mol. The Hall–Kier alpha value is -1.01.